The summed E-state index contributed by atoms with van der Waals surface area (Å²) in [6.07, 6.45) is 3.91. The Morgan fingerprint density at radius 1 is 1.21 bits per heavy atom. The minimum atomic E-state index is -0.223. The first-order chi connectivity index (χ1) is 15.7. The van der Waals surface area contributed by atoms with E-state index in [2.05, 4.69) is 40.4 Å². The van der Waals surface area contributed by atoms with Crippen molar-refractivity contribution in [3.05, 3.63) is 58.4 Å². The average Bonchev–Trinajstić information content (AvgIpc) is 3.10. The Labute approximate surface area is 199 Å². The SMILES string of the molecule is CC(=O)c1cn(C)c2ncc(C(=O)NCCc3ccc(N4CC(C)NC(C)C4)cc3Cl)cc12. The number of benzene rings is 1. The highest BCUT2D eigenvalue weighted by molar-refractivity contribution is 6.31. The van der Waals surface area contributed by atoms with E-state index < -0.39 is 0 Å². The number of Topliss-reactive ketones (excluding diaryl/α,β-unsaturated/α-hetero) is 1. The molecule has 8 heteroatoms. The van der Waals surface area contributed by atoms with E-state index >= 15 is 0 Å². The van der Waals surface area contributed by atoms with E-state index in [0.29, 0.717) is 52.2 Å². The minimum Gasteiger partial charge on any atom is -0.368 e. The normalized spacial score (nSPS) is 18.5. The second kappa shape index (κ2) is 9.53. The third-order valence-electron chi connectivity index (χ3n) is 6.09. The Hall–Kier alpha value is -2.90. The Morgan fingerprint density at radius 3 is 2.61 bits per heavy atom. The van der Waals surface area contributed by atoms with Crippen molar-refractivity contribution in [2.75, 3.05) is 24.5 Å². The molecule has 0 radical (unpaired) electrons. The molecule has 1 fully saturated rings. The number of carbonyl (C=O) groups excluding carboxylic acids is 2. The molecule has 3 heterocycles. The Morgan fingerprint density at radius 2 is 1.94 bits per heavy atom. The highest BCUT2D eigenvalue weighted by atomic mass is 35.5. The van der Waals surface area contributed by atoms with Gasteiger partial charge in [-0.15, -0.1) is 0 Å². The van der Waals surface area contributed by atoms with Gasteiger partial charge in [0.15, 0.2) is 5.78 Å². The Balaban J connectivity index is 1.39. The van der Waals surface area contributed by atoms with Gasteiger partial charge in [0.05, 0.1) is 5.56 Å². The number of aryl methyl sites for hydroxylation is 1. The molecule has 33 heavy (non-hydrogen) atoms. The molecule has 1 saturated heterocycles. The van der Waals surface area contributed by atoms with Gasteiger partial charge in [0, 0.05) is 72.8 Å². The summed E-state index contributed by atoms with van der Waals surface area (Å²) < 4.78 is 1.79. The zero-order valence-electron chi connectivity index (χ0n) is 19.5. The minimum absolute atomic E-state index is 0.0530. The van der Waals surface area contributed by atoms with Gasteiger partial charge in [-0.1, -0.05) is 17.7 Å². The van der Waals surface area contributed by atoms with E-state index in [-0.39, 0.29) is 11.7 Å². The average molecular weight is 468 g/mol. The van der Waals surface area contributed by atoms with Crippen molar-refractivity contribution in [1.82, 2.24) is 20.2 Å². The third-order valence-corrected chi connectivity index (χ3v) is 6.45. The van der Waals surface area contributed by atoms with Crippen LogP contribution in [0.15, 0.2) is 36.7 Å². The largest absolute Gasteiger partial charge is 0.368 e. The summed E-state index contributed by atoms with van der Waals surface area (Å²) in [5.41, 5.74) is 3.79. The summed E-state index contributed by atoms with van der Waals surface area (Å²) in [6.45, 7) is 8.23. The van der Waals surface area contributed by atoms with Crippen LogP contribution in [0.25, 0.3) is 11.0 Å². The maximum Gasteiger partial charge on any atom is 0.252 e. The molecule has 0 spiro atoms. The number of hydrogen-bond donors (Lipinski definition) is 2. The second-order valence-electron chi connectivity index (χ2n) is 8.96. The van der Waals surface area contributed by atoms with Crippen LogP contribution in [0.4, 0.5) is 5.69 Å². The zero-order chi connectivity index (χ0) is 23.7. The molecule has 1 aliphatic rings. The molecule has 4 rings (SSSR count). The molecule has 1 aliphatic heterocycles. The highest BCUT2D eigenvalue weighted by Crippen LogP contribution is 2.26. The number of rotatable bonds is 6. The molecule has 2 atom stereocenters. The predicted octanol–water partition coefficient (Wildman–Crippen LogP) is 3.59. The van der Waals surface area contributed by atoms with Gasteiger partial charge < -0.3 is 20.1 Å². The molecule has 1 aromatic carbocycles. The van der Waals surface area contributed by atoms with Gasteiger partial charge in [-0.3, -0.25) is 9.59 Å². The summed E-state index contributed by atoms with van der Waals surface area (Å²) in [4.78, 5) is 31.3. The van der Waals surface area contributed by atoms with E-state index in [1.54, 1.807) is 23.0 Å². The second-order valence-corrected chi connectivity index (χ2v) is 9.37. The lowest BCUT2D eigenvalue weighted by atomic mass is 10.1. The molecular weight excluding hydrogens is 438 g/mol. The standard InChI is InChI=1S/C25H30ClN5O2/c1-15-12-31(13-16(2)29-15)20-6-5-18(23(26)10-20)7-8-27-25(33)19-9-21-22(17(3)32)14-30(4)24(21)28-11-19/h5-6,9-11,14-16,29H,7-8,12-13H2,1-4H3,(H,27,33). The van der Waals surface area contributed by atoms with Crippen LogP contribution in [0, 0.1) is 0 Å². The number of amides is 1. The molecule has 0 aliphatic carbocycles. The molecule has 1 amide bonds. The summed E-state index contributed by atoms with van der Waals surface area (Å²) in [6, 6.07) is 8.74. The van der Waals surface area contributed by atoms with Gasteiger partial charge in [0.1, 0.15) is 5.65 Å². The smallest absolute Gasteiger partial charge is 0.252 e. The summed E-state index contributed by atoms with van der Waals surface area (Å²) in [7, 11) is 1.83. The molecule has 2 aromatic heterocycles. The molecule has 0 saturated carbocycles. The van der Waals surface area contributed by atoms with E-state index in [4.69, 9.17) is 11.6 Å². The van der Waals surface area contributed by atoms with Crippen molar-refractivity contribution in [3.8, 4) is 0 Å². The first-order valence-electron chi connectivity index (χ1n) is 11.3. The van der Waals surface area contributed by atoms with Crippen LogP contribution in [0.3, 0.4) is 0 Å². The van der Waals surface area contributed by atoms with E-state index in [1.807, 2.05) is 19.2 Å². The van der Waals surface area contributed by atoms with Crippen molar-refractivity contribution in [1.29, 1.82) is 0 Å². The van der Waals surface area contributed by atoms with Crippen LogP contribution in [-0.2, 0) is 13.5 Å². The quantitative estimate of drug-likeness (QED) is 0.541. The van der Waals surface area contributed by atoms with Crippen molar-refractivity contribution in [2.24, 2.45) is 7.05 Å². The van der Waals surface area contributed by atoms with Gasteiger partial charge in [0.25, 0.3) is 5.91 Å². The fourth-order valence-corrected chi connectivity index (χ4v) is 4.82. The number of nitrogens with zero attached hydrogens (tertiary/aromatic N) is 3. The number of fused-ring (bicyclic) bond motifs is 1. The van der Waals surface area contributed by atoms with Crippen molar-refractivity contribution < 1.29 is 9.59 Å². The number of nitrogens with one attached hydrogen (secondary N) is 2. The van der Waals surface area contributed by atoms with Crippen molar-refractivity contribution in [3.63, 3.8) is 0 Å². The first-order valence-corrected chi connectivity index (χ1v) is 11.6. The maximum absolute atomic E-state index is 12.7. The Bertz CT molecular complexity index is 1190. The van der Waals surface area contributed by atoms with Crippen molar-refractivity contribution >= 4 is 40.0 Å². The maximum atomic E-state index is 12.7. The van der Waals surface area contributed by atoms with Gasteiger partial charge in [0.2, 0.25) is 0 Å². The van der Waals surface area contributed by atoms with Crippen LogP contribution in [0.1, 0.15) is 47.1 Å². The lowest BCUT2D eigenvalue weighted by molar-refractivity contribution is 0.0952. The predicted molar refractivity (Wildman–Crippen MR) is 132 cm³/mol. The lowest BCUT2D eigenvalue weighted by Gasteiger charge is -2.37. The highest BCUT2D eigenvalue weighted by Gasteiger charge is 2.21. The number of pyridine rings is 1. The van der Waals surface area contributed by atoms with Gasteiger partial charge >= 0.3 is 0 Å². The number of piperazine rings is 1. The van der Waals surface area contributed by atoms with E-state index in [1.165, 1.54) is 6.92 Å². The number of ketones is 1. The zero-order valence-corrected chi connectivity index (χ0v) is 20.2. The molecule has 2 unspecified atom stereocenters. The fourth-order valence-electron chi connectivity index (χ4n) is 4.55. The lowest BCUT2D eigenvalue weighted by Crippen LogP contribution is -2.54. The van der Waals surface area contributed by atoms with Gasteiger partial charge in [-0.2, -0.15) is 0 Å². The van der Waals surface area contributed by atoms with Gasteiger partial charge in [-0.25, -0.2) is 4.98 Å². The van der Waals surface area contributed by atoms with Crippen LogP contribution in [0.5, 0.6) is 0 Å². The van der Waals surface area contributed by atoms with E-state index in [9.17, 15) is 9.59 Å². The number of halogens is 1. The van der Waals surface area contributed by atoms with Crippen LogP contribution in [0.2, 0.25) is 5.02 Å². The Kier molecular flexibility index (Phi) is 6.72. The molecule has 7 nitrogen and oxygen atoms in total. The van der Waals surface area contributed by atoms with Crippen LogP contribution < -0.4 is 15.5 Å². The number of anilines is 1. The molecule has 0 bridgehead atoms. The number of hydrogen-bond acceptors (Lipinski definition) is 5. The molecule has 174 valence electrons. The van der Waals surface area contributed by atoms with E-state index in [0.717, 1.165) is 24.3 Å². The number of carbonyl (C=O) groups is 2. The number of aromatic nitrogens is 2. The van der Waals surface area contributed by atoms with Crippen LogP contribution in [-0.4, -0.2) is 53.0 Å². The monoisotopic (exact) mass is 467 g/mol. The van der Waals surface area contributed by atoms with Gasteiger partial charge in [-0.05, 0) is 51.0 Å². The molecule has 2 N–H and O–H groups in total. The summed E-state index contributed by atoms with van der Waals surface area (Å²) in [5, 5.41) is 7.87. The van der Waals surface area contributed by atoms with Crippen LogP contribution >= 0.6 is 11.6 Å². The first kappa shape index (κ1) is 23.3. The summed E-state index contributed by atoms with van der Waals surface area (Å²) >= 11 is 6.57. The fraction of sp³-hybridized carbons (Fsp3) is 0.400. The topological polar surface area (TPSA) is 79.3 Å². The third kappa shape index (κ3) is 5.04. The summed E-state index contributed by atoms with van der Waals surface area (Å²) in [5.74, 6) is -0.276. The van der Waals surface area contributed by atoms with Crippen molar-refractivity contribution in [2.45, 2.75) is 39.3 Å². The molecule has 3 aromatic rings. The molecular formula is C25H30ClN5O2.